The second-order valence-corrected chi connectivity index (χ2v) is 7.69. The first-order valence-corrected chi connectivity index (χ1v) is 10.1. The van der Waals surface area contributed by atoms with Gasteiger partial charge in [0.1, 0.15) is 0 Å². The molecule has 7 nitrogen and oxygen atoms in total. The molecule has 1 fully saturated rings. The average Bonchev–Trinajstić information content (AvgIpc) is 3.12. The molecule has 0 radical (unpaired) electrons. The van der Waals surface area contributed by atoms with Gasteiger partial charge in [-0.2, -0.15) is 5.10 Å². The predicted molar refractivity (Wildman–Crippen MR) is 110 cm³/mol. The maximum Gasteiger partial charge on any atom is 0.308 e. The summed E-state index contributed by atoms with van der Waals surface area (Å²) in [4.78, 5) is 31.0. The molecule has 1 aliphatic rings. The van der Waals surface area contributed by atoms with Crippen LogP contribution >= 0.6 is 0 Å². The topological polar surface area (TPSA) is 76.8 Å². The third kappa shape index (κ3) is 3.57. The smallest absolute Gasteiger partial charge is 0.308 e. The van der Waals surface area contributed by atoms with Crippen molar-refractivity contribution in [3.05, 3.63) is 41.2 Å². The number of methoxy groups -OCH3 is 1. The Morgan fingerprint density at radius 1 is 1.17 bits per heavy atom. The molecule has 1 aromatic carbocycles. The van der Waals surface area contributed by atoms with Crippen LogP contribution in [-0.4, -0.2) is 51.6 Å². The number of aromatic nitrogens is 3. The van der Waals surface area contributed by atoms with Gasteiger partial charge in [-0.25, -0.2) is 9.50 Å². The van der Waals surface area contributed by atoms with Crippen molar-refractivity contribution in [3.8, 4) is 0 Å². The summed E-state index contributed by atoms with van der Waals surface area (Å²) in [7, 11) is 1.41. The number of aryl methyl sites for hydroxylation is 2. The molecule has 4 rings (SSSR count). The van der Waals surface area contributed by atoms with Crippen molar-refractivity contribution >= 4 is 28.4 Å². The molecule has 3 aromatic rings. The molecule has 1 aliphatic heterocycles. The summed E-state index contributed by atoms with van der Waals surface area (Å²) in [6, 6.07) is 7.98. The van der Waals surface area contributed by atoms with Gasteiger partial charge in [0.15, 0.2) is 5.65 Å². The summed E-state index contributed by atoms with van der Waals surface area (Å²) in [5.41, 5.74) is 4.82. The van der Waals surface area contributed by atoms with Crippen LogP contribution in [0.15, 0.2) is 24.3 Å². The van der Waals surface area contributed by atoms with E-state index in [0.717, 1.165) is 33.5 Å². The van der Waals surface area contributed by atoms with Crippen LogP contribution in [0.2, 0.25) is 0 Å². The van der Waals surface area contributed by atoms with Gasteiger partial charge in [0, 0.05) is 36.3 Å². The van der Waals surface area contributed by atoms with Crippen LogP contribution in [0.3, 0.4) is 0 Å². The fourth-order valence-electron chi connectivity index (χ4n) is 4.26. The lowest BCUT2D eigenvalue weighted by Crippen LogP contribution is -2.40. The van der Waals surface area contributed by atoms with E-state index in [0.29, 0.717) is 38.8 Å². The summed E-state index contributed by atoms with van der Waals surface area (Å²) in [6.07, 6.45) is 2.40. The van der Waals surface area contributed by atoms with E-state index >= 15 is 0 Å². The average molecular weight is 394 g/mol. The van der Waals surface area contributed by atoms with Crippen LogP contribution < -0.4 is 0 Å². The largest absolute Gasteiger partial charge is 0.469 e. The molecule has 0 bridgehead atoms. The molecule has 2 aromatic heterocycles. The van der Waals surface area contributed by atoms with Crippen LogP contribution in [0.5, 0.6) is 0 Å². The second kappa shape index (κ2) is 7.81. The number of hydrogen-bond acceptors (Lipinski definition) is 5. The third-order valence-electron chi connectivity index (χ3n) is 5.99. The van der Waals surface area contributed by atoms with E-state index in [1.807, 2.05) is 47.5 Å². The number of rotatable bonds is 4. The quantitative estimate of drug-likeness (QED) is 0.636. The van der Waals surface area contributed by atoms with Gasteiger partial charge < -0.3 is 9.64 Å². The molecule has 1 amide bonds. The van der Waals surface area contributed by atoms with Gasteiger partial charge in [-0.05, 0) is 50.8 Å². The summed E-state index contributed by atoms with van der Waals surface area (Å²) in [5.74, 6) is -0.138. The van der Waals surface area contributed by atoms with Crippen molar-refractivity contribution in [3.63, 3.8) is 0 Å². The number of amides is 1. The van der Waals surface area contributed by atoms with E-state index in [2.05, 4.69) is 5.10 Å². The molecule has 0 spiro atoms. The minimum Gasteiger partial charge on any atom is -0.469 e. The lowest BCUT2D eigenvalue weighted by molar-refractivity contribution is -0.148. The number of carbonyl (C=O) groups is 2. The predicted octanol–water partition coefficient (Wildman–Crippen LogP) is 2.84. The maximum absolute atomic E-state index is 12.7. The van der Waals surface area contributed by atoms with E-state index in [9.17, 15) is 9.59 Å². The van der Waals surface area contributed by atoms with Gasteiger partial charge in [0.25, 0.3) is 0 Å². The third-order valence-corrected chi connectivity index (χ3v) is 5.99. The molecular weight excluding hydrogens is 368 g/mol. The first-order valence-electron chi connectivity index (χ1n) is 10.1. The zero-order chi connectivity index (χ0) is 20.5. The van der Waals surface area contributed by atoms with Crippen LogP contribution in [0.1, 0.15) is 36.2 Å². The minimum atomic E-state index is -0.172. The maximum atomic E-state index is 12.7. The van der Waals surface area contributed by atoms with Crippen LogP contribution in [-0.2, 0) is 20.7 Å². The van der Waals surface area contributed by atoms with E-state index < -0.39 is 0 Å². The highest BCUT2D eigenvalue weighted by molar-refractivity contribution is 5.92. The molecule has 0 unspecified atom stereocenters. The SMILES string of the molecule is COC(=O)C1CCN(C(=O)CCc2c(C)nc3c4ccccc4nn3c2C)CC1. The van der Waals surface area contributed by atoms with Gasteiger partial charge >= 0.3 is 5.97 Å². The number of nitrogens with zero attached hydrogens (tertiary/aromatic N) is 4. The van der Waals surface area contributed by atoms with Crippen molar-refractivity contribution in [2.75, 3.05) is 20.2 Å². The number of fused-ring (bicyclic) bond motifs is 3. The van der Waals surface area contributed by atoms with Crippen molar-refractivity contribution < 1.29 is 14.3 Å². The highest BCUT2D eigenvalue weighted by Gasteiger charge is 2.28. The normalized spacial score (nSPS) is 15.2. The van der Waals surface area contributed by atoms with Gasteiger partial charge in [-0.15, -0.1) is 0 Å². The van der Waals surface area contributed by atoms with Crippen molar-refractivity contribution in [2.45, 2.75) is 39.5 Å². The van der Waals surface area contributed by atoms with Crippen LogP contribution in [0.4, 0.5) is 0 Å². The van der Waals surface area contributed by atoms with Gasteiger partial charge in [0.2, 0.25) is 5.91 Å². The summed E-state index contributed by atoms with van der Waals surface area (Å²) in [6.45, 7) is 5.25. The second-order valence-electron chi connectivity index (χ2n) is 7.69. The Bertz CT molecular complexity index is 1080. The molecule has 0 atom stereocenters. The van der Waals surface area contributed by atoms with Crippen LogP contribution in [0, 0.1) is 19.8 Å². The standard InChI is InChI=1S/C22H26N4O3/c1-14-17(8-9-20(27)25-12-10-16(11-13-25)22(28)29-3)15(2)26-21(23-14)18-6-4-5-7-19(18)24-26/h4-7,16H,8-13H2,1-3H3. The highest BCUT2D eigenvalue weighted by Crippen LogP contribution is 2.24. The summed E-state index contributed by atoms with van der Waals surface area (Å²) < 4.78 is 6.70. The lowest BCUT2D eigenvalue weighted by atomic mass is 9.96. The van der Waals surface area contributed by atoms with E-state index in [1.165, 1.54) is 7.11 Å². The number of ether oxygens (including phenoxy) is 1. The van der Waals surface area contributed by atoms with E-state index in [4.69, 9.17) is 9.72 Å². The Morgan fingerprint density at radius 3 is 2.62 bits per heavy atom. The molecule has 29 heavy (non-hydrogen) atoms. The fourth-order valence-corrected chi connectivity index (χ4v) is 4.26. The Balaban J connectivity index is 1.48. The molecule has 152 valence electrons. The zero-order valence-corrected chi connectivity index (χ0v) is 17.1. The Kier molecular flexibility index (Phi) is 5.22. The number of esters is 1. The molecule has 3 heterocycles. The van der Waals surface area contributed by atoms with Crippen molar-refractivity contribution in [2.24, 2.45) is 5.92 Å². The molecule has 1 saturated heterocycles. The Morgan fingerprint density at radius 2 is 1.90 bits per heavy atom. The lowest BCUT2D eigenvalue weighted by Gasteiger charge is -2.30. The molecule has 0 N–H and O–H groups in total. The number of likely N-dealkylation sites (tertiary alicyclic amines) is 1. The number of piperidine rings is 1. The summed E-state index contributed by atoms with van der Waals surface area (Å²) in [5, 5.41) is 5.72. The minimum absolute atomic E-state index is 0.0888. The number of hydrogen-bond donors (Lipinski definition) is 0. The molecule has 0 saturated carbocycles. The van der Waals surface area contributed by atoms with Crippen molar-refractivity contribution in [1.82, 2.24) is 19.5 Å². The molecule has 0 aliphatic carbocycles. The Hall–Kier alpha value is -2.96. The number of benzene rings is 1. The van der Waals surface area contributed by atoms with Gasteiger partial charge in [-0.3, -0.25) is 9.59 Å². The first kappa shape index (κ1) is 19.4. The highest BCUT2D eigenvalue weighted by atomic mass is 16.5. The Labute approximate surface area is 169 Å². The first-order chi connectivity index (χ1) is 14.0. The van der Waals surface area contributed by atoms with Crippen molar-refractivity contribution in [1.29, 1.82) is 0 Å². The zero-order valence-electron chi connectivity index (χ0n) is 17.1. The molecular formula is C22H26N4O3. The van der Waals surface area contributed by atoms with E-state index in [1.54, 1.807) is 0 Å². The molecule has 7 heteroatoms. The van der Waals surface area contributed by atoms with Gasteiger partial charge in [0.05, 0.1) is 18.5 Å². The van der Waals surface area contributed by atoms with E-state index in [-0.39, 0.29) is 17.8 Å². The monoisotopic (exact) mass is 394 g/mol. The fraction of sp³-hybridized carbons (Fsp3) is 0.455. The number of carbonyl (C=O) groups excluding carboxylic acids is 2. The summed E-state index contributed by atoms with van der Waals surface area (Å²) >= 11 is 0. The van der Waals surface area contributed by atoms with Gasteiger partial charge in [-0.1, -0.05) is 12.1 Å². The van der Waals surface area contributed by atoms with Crippen LogP contribution in [0.25, 0.3) is 16.6 Å².